The fourth-order valence-corrected chi connectivity index (χ4v) is 7.28. The molecule has 3 heterocycles. The van der Waals surface area contributed by atoms with Crippen molar-refractivity contribution >= 4 is 70.5 Å². The maximum absolute atomic E-state index is 5.13. The highest BCUT2D eigenvalue weighted by atomic mass is 14.9. The quantitative estimate of drug-likeness (QED) is 0.189. The van der Waals surface area contributed by atoms with Gasteiger partial charge < -0.3 is 4.40 Å². The normalized spacial score (nSPS) is 12.0. The Morgan fingerprint density at radius 3 is 1.84 bits per heavy atom. The van der Waals surface area contributed by atoms with E-state index in [2.05, 4.69) is 162 Å². The first-order valence-corrected chi connectivity index (χ1v) is 15.5. The number of nitrogens with zero attached hydrogens (tertiary/aromatic N) is 2. The lowest BCUT2D eigenvalue weighted by molar-refractivity contribution is 1.35. The maximum Gasteiger partial charge on any atom is 0.0787 e. The van der Waals surface area contributed by atoms with Gasteiger partial charge in [-0.25, -0.2) is 4.98 Å². The molecule has 0 aliphatic heterocycles. The van der Waals surface area contributed by atoms with Crippen LogP contribution in [0.15, 0.2) is 158 Å². The smallest absolute Gasteiger partial charge is 0.0787 e. The van der Waals surface area contributed by atoms with Gasteiger partial charge in [0, 0.05) is 32.5 Å². The van der Waals surface area contributed by atoms with E-state index < -0.39 is 0 Å². The van der Waals surface area contributed by atoms with Gasteiger partial charge in [0.15, 0.2) is 0 Å². The van der Waals surface area contributed by atoms with Crippen LogP contribution in [0.3, 0.4) is 0 Å². The fourth-order valence-electron chi connectivity index (χ4n) is 7.28. The molecular formula is C43H26N2. The number of benzene rings is 7. The summed E-state index contributed by atoms with van der Waals surface area (Å²) in [5, 5.41) is 11.1. The third-order valence-electron chi connectivity index (χ3n) is 9.50. The molecule has 0 fully saturated rings. The Labute approximate surface area is 259 Å². The van der Waals surface area contributed by atoms with E-state index in [1.165, 1.54) is 70.8 Å². The molecule has 0 aliphatic rings. The molecule has 0 aliphatic carbocycles. The molecule has 208 valence electrons. The lowest BCUT2D eigenvalue weighted by atomic mass is 9.96. The van der Waals surface area contributed by atoms with Gasteiger partial charge in [-0.1, -0.05) is 115 Å². The molecule has 0 saturated carbocycles. The minimum absolute atomic E-state index is 0.995. The molecule has 3 aromatic heterocycles. The summed E-state index contributed by atoms with van der Waals surface area (Å²) in [5.74, 6) is 0. The fraction of sp³-hybridized carbons (Fsp3) is 0. The first-order valence-electron chi connectivity index (χ1n) is 15.5. The SMILES string of the molecule is c1ccc2c(c1)ccc1ccc(-c3ccc4cc(-c5ccc6c(c5)c5ccccc5c5cc7ccccc7n65)ccc4c3)nc12. The van der Waals surface area contributed by atoms with E-state index in [0.29, 0.717) is 0 Å². The number of pyridine rings is 2. The average Bonchev–Trinajstić information content (AvgIpc) is 3.51. The van der Waals surface area contributed by atoms with E-state index in [1.807, 2.05) is 0 Å². The van der Waals surface area contributed by atoms with Crippen LogP contribution in [0.25, 0.3) is 92.9 Å². The number of aromatic nitrogens is 2. The summed E-state index contributed by atoms with van der Waals surface area (Å²) in [5.41, 5.74) is 9.34. The highest BCUT2D eigenvalue weighted by Crippen LogP contribution is 2.37. The van der Waals surface area contributed by atoms with Crippen molar-refractivity contribution in [3.05, 3.63) is 158 Å². The van der Waals surface area contributed by atoms with Gasteiger partial charge >= 0.3 is 0 Å². The monoisotopic (exact) mass is 570 g/mol. The van der Waals surface area contributed by atoms with E-state index in [1.54, 1.807) is 0 Å². The van der Waals surface area contributed by atoms with Crippen molar-refractivity contribution in [2.24, 2.45) is 0 Å². The second-order valence-electron chi connectivity index (χ2n) is 12.0. The molecule has 2 nitrogen and oxygen atoms in total. The van der Waals surface area contributed by atoms with Gasteiger partial charge in [0.2, 0.25) is 0 Å². The first-order chi connectivity index (χ1) is 22.3. The summed E-state index contributed by atoms with van der Waals surface area (Å²) in [4.78, 5) is 5.13. The number of para-hydroxylation sites is 1. The van der Waals surface area contributed by atoms with Gasteiger partial charge in [0.25, 0.3) is 0 Å². The Balaban J connectivity index is 1.10. The Morgan fingerprint density at radius 1 is 0.333 bits per heavy atom. The van der Waals surface area contributed by atoms with E-state index in [0.717, 1.165) is 22.2 Å². The molecule has 0 bridgehead atoms. The van der Waals surface area contributed by atoms with Crippen molar-refractivity contribution in [3.8, 4) is 22.4 Å². The Kier molecular flexibility index (Phi) is 5.03. The topological polar surface area (TPSA) is 17.3 Å². The largest absolute Gasteiger partial charge is 0.309 e. The van der Waals surface area contributed by atoms with Crippen molar-refractivity contribution in [2.75, 3.05) is 0 Å². The highest BCUT2D eigenvalue weighted by Gasteiger charge is 2.13. The maximum atomic E-state index is 5.13. The van der Waals surface area contributed by atoms with Crippen LogP contribution in [0, 0.1) is 0 Å². The molecule has 0 saturated heterocycles. The van der Waals surface area contributed by atoms with Crippen LogP contribution < -0.4 is 0 Å². The summed E-state index contributed by atoms with van der Waals surface area (Å²) in [6.45, 7) is 0. The van der Waals surface area contributed by atoms with Crippen LogP contribution in [0.1, 0.15) is 0 Å². The van der Waals surface area contributed by atoms with Crippen LogP contribution in [0.2, 0.25) is 0 Å². The van der Waals surface area contributed by atoms with Crippen molar-refractivity contribution in [2.45, 2.75) is 0 Å². The number of fused-ring (bicyclic) bond motifs is 12. The number of hydrogen-bond donors (Lipinski definition) is 0. The molecule has 45 heavy (non-hydrogen) atoms. The Morgan fingerprint density at radius 2 is 0.956 bits per heavy atom. The van der Waals surface area contributed by atoms with E-state index >= 15 is 0 Å². The van der Waals surface area contributed by atoms with Crippen LogP contribution in [0.4, 0.5) is 0 Å². The lowest BCUT2D eigenvalue weighted by Gasteiger charge is -2.13. The third-order valence-corrected chi connectivity index (χ3v) is 9.50. The van der Waals surface area contributed by atoms with Crippen LogP contribution in [-0.4, -0.2) is 9.38 Å². The number of hydrogen-bond acceptors (Lipinski definition) is 1. The molecule has 10 aromatic rings. The predicted molar refractivity (Wildman–Crippen MR) is 191 cm³/mol. The molecule has 0 radical (unpaired) electrons. The second-order valence-corrected chi connectivity index (χ2v) is 12.0. The molecule has 10 rings (SSSR count). The zero-order valence-electron chi connectivity index (χ0n) is 24.4. The van der Waals surface area contributed by atoms with Crippen LogP contribution in [-0.2, 0) is 0 Å². The summed E-state index contributed by atoms with van der Waals surface area (Å²) >= 11 is 0. The zero-order valence-corrected chi connectivity index (χ0v) is 24.4. The van der Waals surface area contributed by atoms with Gasteiger partial charge in [-0.2, -0.15) is 0 Å². The van der Waals surface area contributed by atoms with E-state index in [9.17, 15) is 0 Å². The molecule has 0 N–H and O–H groups in total. The van der Waals surface area contributed by atoms with Gasteiger partial charge in [-0.15, -0.1) is 0 Å². The van der Waals surface area contributed by atoms with Crippen LogP contribution in [0.5, 0.6) is 0 Å². The lowest BCUT2D eigenvalue weighted by Crippen LogP contribution is -1.91. The molecule has 0 spiro atoms. The van der Waals surface area contributed by atoms with E-state index in [-0.39, 0.29) is 0 Å². The van der Waals surface area contributed by atoms with Gasteiger partial charge in [-0.3, -0.25) is 0 Å². The van der Waals surface area contributed by atoms with Gasteiger partial charge in [0.05, 0.1) is 27.8 Å². The third kappa shape index (κ3) is 3.66. The number of rotatable bonds is 2. The minimum Gasteiger partial charge on any atom is -0.309 e. The van der Waals surface area contributed by atoms with Crippen LogP contribution >= 0.6 is 0 Å². The molecule has 0 amide bonds. The summed E-state index contributed by atoms with van der Waals surface area (Å²) in [6, 6.07) is 57.3. The minimum atomic E-state index is 0.995. The highest BCUT2D eigenvalue weighted by molar-refractivity contribution is 6.16. The molecule has 2 heteroatoms. The Bertz CT molecular complexity index is 2820. The summed E-state index contributed by atoms with van der Waals surface area (Å²) in [7, 11) is 0. The van der Waals surface area contributed by atoms with Gasteiger partial charge in [-0.05, 0) is 75.1 Å². The van der Waals surface area contributed by atoms with E-state index in [4.69, 9.17) is 4.98 Å². The average molecular weight is 571 g/mol. The summed E-state index contributed by atoms with van der Waals surface area (Å²) < 4.78 is 2.42. The zero-order chi connectivity index (χ0) is 29.5. The molecule has 7 aromatic carbocycles. The molecule has 0 atom stereocenters. The summed E-state index contributed by atoms with van der Waals surface area (Å²) in [6.07, 6.45) is 0. The second kappa shape index (κ2) is 9.25. The van der Waals surface area contributed by atoms with Crippen molar-refractivity contribution < 1.29 is 0 Å². The van der Waals surface area contributed by atoms with Crippen molar-refractivity contribution in [1.29, 1.82) is 0 Å². The predicted octanol–water partition coefficient (Wildman–Crippen LogP) is 11.6. The molecule has 0 unspecified atom stereocenters. The standard InChI is InChI=1S/C43H26N2/c1-3-9-35-27(7-1)13-14-28-19-21-39(44-43(28)35)33-18-17-29-23-30(15-16-31(29)24-33)32-20-22-41-38(25-32)36-10-4-5-11-37(36)42-26-34-8-2-6-12-40(34)45(41)42/h1-26H. The molecular weight excluding hydrogens is 544 g/mol. The van der Waals surface area contributed by atoms with Crippen molar-refractivity contribution in [3.63, 3.8) is 0 Å². The van der Waals surface area contributed by atoms with Gasteiger partial charge in [0.1, 0.15) is 0 Å². The van der Waals surface area contributed by atoms with Crippen molar-refractivity contribution in [1.82, 2.24) is 9.38 Å². The Hall–Kier alpha value is -5.99. The first kappa shape index (κ1) is 24.5.